The van der Waals surface area contributed by atoms with Crippen molar-refractivity contribution in [2.45, 2.75) is 83.2 Å². The monoisotopic (exact) mass is 209 g/mol. The maximum atomic E-state index is 3.89. The van der Waals surface area contributed by atoms with E-state index in [1.165, 1.54) is 64.2 Å². The van der Waals surface area contributed by atoms with E-state index in [4.69, 9.17) is 0 Å². The van der Waals surface area contributed by atoms with E-state index in [0.717, 1.165) is 18.0 Å². The highest BCUT2D eigenvalue weighted by molar-refractivity contribution is 4.81. The number of rotatable bonds is 3. The van der Waals surface area contributed by atoms with E-state index in [0.29, 0.717) is 0 Å². The molecule has 0 unspecified atom stereocenters. The summed E-state index contributed by atoms with van der Waals surface area (Å²) in [7, 11) is 0. The van der Waals surface area contributed by atoms with Crippen LogP contribution in [0, 0.1) is 5.92 Å². The second-order valence-electron chi connectivity index (χ2n) is 5.69. The average molecular weight is 209 g/mol. The van der Waals surface area contributed by atoms with E-state index in [2.05, 4.69) is 12.2 Å². The van der Waals surface area contributed by atoms with Gasteiger partial charge < -0.3 is 5.32 Å². The molecular weight excluding hydrogens is 182 g/mol. The van der Waals surface area contributed by atoms with Crippen LogP contribution < -0.4 is 5.32 Å². The van der Waals surface area contributed by atoms with Crippen LogP contribution in [-0.2, 0) is 0 Å². The Labute approximate surface area is 95.0 Å². The predicted octanol–water partition coefficient (Wildman–Crippen LogP) is 3.88. The molecule has 2 rings (SSSR count). The van der Waals surface area contributed by atoms with Crippen LogP contribution in [0.2, 0.25) is 0 Å². The van der Waals surface area contributed by atoms with E-state index in [9.17, 15) is 0 Å². The molecule has 0 aromatic carbocycles. The Bertz CT molecular complexity index is 166. The Balaban J connectivity index is 1.72. The van der Waals surface area contributed by atoms with Crippen LogP contribution in [0.25, 0.3) is 0 Å². The van der Waals surface area contributed by atoms with Crippen LogP contribution in [0.4, 0.5) is 0 Å². The quantitative estimate of drug-likeness (QED) is 0.744. The first-order chi connectivity index (χ1) is 7.36. The minimum Gasteiger partial charge on any atom is -0.311 e. The third-order valence-electron chi connectivity index (χ3n) is 4.46. The zero-order chi connectivity index (χ0) is 10.5. The van der Waals surface area contributed by atoms with Gasteiger partial charge in [-0.15, -0.1) is 0 Å². The Hall–Kier alpha value is -0.0400. The van der Waals surface area contributed by atoms with Gasteiger partial charge in [0.25, 0.3) is 0 Å². The molecule has 0 spiro atoms. The van der Waals surface area contributed by atoms with Gasteiger partial charge in [0.15, 0.2) is 0 Å². The fraction of sp³-hybridized carbons (Fsp3) is 1.00. The summed E-state index contributed by atoms with van der Waals surface area (Å²) in [4.78, 5) is 0. The first-order valence-electron chi connectivity index (χ1n) is 7.12. The van der Waals surface area contributed by atoms with Gasteiger partial charge in [0, 0.05) is 12.1 Å². The number of hydrogen-bond acceptors (Lipinski definition) is 1. The van der Waals surface area contributed by atoms with E-state index < -0.39 is 0 Å². The van der Waals surface area contributed by atoms with Crippen molar-refractivity contribution in [2.24, 2.45) is 5.92 Å². The summed E-state index contributed by atoms with van der Waals surface area (Å²) in [5.74, 6) is 0.973. The molecule has 0 bridgehead atoms. The van der Waals surface area contributed by atoms with Crippen LogP contribution >= 0.6 is 0 Å². The number of nitrogens with one attached hydrogen (secondary N) is 1. The summed E-state index contributed by atoms with van der Waals surface area (Å²) >= 11 is 0. The minimum absolute atomic E-state index is 0.772. The molecule has 0 saturated heterocycles. The van der Waals surface area contributed by atoms with Crippen molar-refractivity contribution in [3.05, 3.63) is 0 Å². The van der Waals surface area contributed by atoms with Crippen LogP contribution in [0.5, 0.6) is 0 Å². The van der Waals surface area contributed by atoms with Crippen molar-refractivity contribution < 1.29 is 0 Å². The fourth-order valence-electron chi connectivity index (χ4n) is 3.41. The molecule has 0 aliphatic heterocycles. The zero-order valence-corrected chi connectivity index (χ0v) is 10.3. The molecule has 1 heteroatoms. The molecule has 2 aliphatic rings. The smallest absolute Gasteiger partial charge is 0.00696 e. The van der Waals surface area contributed by atoms with Gasteiger partial charge in [-0.2, -0.15) is 0 Å². The first kappa shape index (κ1) is 11.4. The van der Waals surface area contributed by atoms with E-state index in [1.807, 2.05) is 0 Å². The van der Waals surface area contributed by atoms with Crippen molar-refractivity contribution >= 4 is 0 Å². The number of hydrogen-bond donors (Lipinski definition) is 1. The van der Waals surface area contributed by atoms with Crippen molar-refractivity contribution in [3.8, 4) is 0 Å². The zero-order valence-electron chi connectivity index (χ0n) is 10.3. The molecule has 1 nitrogen and oxygen atoms in total. The van der Waals surface area contributed by atoms with Gasteiger partial charge in [-0.05, 0) is 38.5 Å². The van der Waals surface area contributed by atoms with E-state index in [1.54, 1.807) is 0 Å². The molecule has 88 valence electrons. The lowest BCUT2D eigenvalue weighted by atomic mass is 9.83. The Kier molecular flexibility index (Phi) is 4.49. The second-order valence-corrected chi connectivity index (χ2v) is 5.69. The molecule has 0 aromatic rings. The van der Waals surface area contributed by atoms with Gasteiger partial charge in [-0.1, -0.05) is 38.5 Å². The van der Waals surface area contributed by atoms with Crippen molar-refractivity contribution in [2.75, 3.05) is 0 Å². The van der Waals surface area contributed by atoms with Gasteiger partial charge in [-0.25, -0.2) is 0 Å². The molecule has 0 aromatic heterocycles. The molecule has 0 radical (unpaired) electrons. The highest BCUT2D eigenvalue weighted by atomic mass is 14.9. The Morgan fingerprint density at radius 1 is 0.800 bits per heavy atom. The van der Waals surface area contributed by atoms with Crippen LogP contribution in [0.1, 0.15) is 71.1 Å². The van der Waals surface area contributed by atoms with Crippen LogP contribution in [0.3, 0.4) is 0 Å². The van der Waals surface area contributed by atoms with Gasteiger partial charge >= 0.3 is 0 Å². The minimum atomic E-state index is 0.772. The Morgan fingerprint density at radius 2 is 1.33 bits per heavy atom. The van der Waals surface area contributed by atoms with Gasteiger partial charge in [-0.3, -0.25) is 0 Å². The standard InChI is InChI=1S/C14H27N/c1-12(13-8-4-2-5-9-13)15-14-10-6-3-7-11-14/h12-15H,2-11H2,1H3/t12-/m1/s1. The summed E-state index contributed by atoms with van der Waals surface area (Å²) in [6, 6.07) is 1.61. The van der Waals surface area contributed by atoms with E-state index in [-0.39, 0.29) is 0 Å². The molecule has 1 N–H and O–H groups in total. The normalized spacial score (nSPS) is 27.8. The molecular formula is C14H27N. The lowest BCUT2D eigenvalue weighted by Gasteiger charge is -2.33. The molecule has 1 atom stereocenters. The van der Waals surface area contributed by atoms with Gasteiger partial charge in [0.05, 0.1) is 0 Å². The average Bonchev–Trinajstić information content (AvgIpc) is 2.31. The summed E-state index contributed by atoms with van der Waals surface area (Å²) in [5, 5.41) is 3.89. The van der Waals surface area contributed by atoms with Crippen molar-refractivity contribution in [1.29, 1.82) is 0 Å². The predicted molar refractivity (Wildman–Crippen MR) is 66.0 cm³/mol. The van der Waals surface area contributed by atoms with Gasteiger partial charge in [0.1, 0.15) is 0 Å². The maximum Gasteiger partial charge on any atom is 0.00696 e. The fourth-order valence-corrected chi connectivity index (χ4v) is 3.41. The topological polar surface area (TPSA) is 12.0 Å². The summed E-state index contributed by atoms with van der Waals surface area (Å²) < 4.78 is 0. The maximum absolute atomic E-state index is 3.89. The van der Waals surface area contributed by atoms with E-state index >= 15 is 0 Å². The molecule has 2 fully saturated rings. The molecule has 0 amide bonds. The summed E-state index contributed by atoms with van der Waals surface area (Å²) in [6.07, 6.45) is 14.6. The SMILES string of the molecule is C[C@@H](NC1CCCCC1)C1CCCCC1. The van der Waals surface area contributed by atoms with Gasteiger partial charge in [0.2, 0.25) is 0 Å². The largest absolute Gasteiger partial charge is 0.311 e. The molecule has 2 saturated carbocycles. The van der Waals surface area contributed by atoms with Crippen molar-refractivity contribution in [1.82, 2.24) is 5.32 Å². The highest BCUT2D eigenvalue weighted by Gasteiger charge is 2.22. The van der Waals surface area contributed by atoms with Crippen LogP contribution in [-0.4, -0.2) is 12.1 Å². The highest BCUT2D eigenvalue weighted by Crippen LogP contribution is 2.27. The molecule has 15 heavy (non-hydrogen) atoms. The molecule has 2 aliphatic carbocycles. The molecule has 0 heterocycles. The summed E-state index contributed by atoms with van der Waals surface area (Å²) in [5.41, 5.74) is 0. The lowest BCUT2D eigenvalue weighted by molar-refractivity contribution is 0.243. The Morgan fingerprint density at radius 3 is 1.93 bits per heavy atom. The lowest BCUT2D eigenvalue weighted by Crippen LogP contribution is -2.42. The first-order valence-corrected chi connectivity index (χ1v) is 7.12. The second kappa shape index (κ2) is 5.89. The summed E-state index contributed by atoms with van der Waals surface area (Å²) in [6.45, 7) is 2.42. The third kappa shape index (κ3) is 3.48. The third-order valence-corrected chi connectivity index (χ3v) is 4.46. The van der Waals surface area contributed by atoms with Crippen LogP contribution in [0.15, 0.2) is 0 Å². The van der Waals surface area contributed by atoms with Crippen molar-refractivity contribution in [3.63, 3.8) is 0 Å².